The minimum absolute atomic E-state index is 0.0181. The monoisotopic (exact) mass is 678 g/mol. The van der Waals surface area contributed by atoms with E-state index in [1.807, 2.05) is 121 Å². The van der Waals surface area contributed by atoms with E-state index in [1.54, 1.807) is 31.4 Å². The molecule has 0 fully saturated rings. The molecule has 0 bridgehead atoms. The number of carbonyl (C=O) groups excluding carboxylic acids is 1. The molecule has 7 nitrogen and oxygen atoms in total. The molecule has 51 heavy (non-hydrogen) atoms. The second-order valence-corrected chi connectivity index (χ2v) is 11.7. The fourth-order valence-electron chi connectivity index (χ4n) is 5.31. The van der Waals surface area contributed by atoms with Gasteiger partial charge in [-0.3, -0.25) is 4.79 Å². The van der Waals surface area contributed by atoms with Crippen molar-refractivity contribution in [3.8, 4) is 34.5 Å². The van der Waals surface area contributed by atoms with Crippen LogP contribution in [-0.2, 0) is 26.4 Å². The first-order valence-electron chi connectivity index (χ1n) is 16.5. The average Bonchev–Trinajstić information content (AvgIpc) is 3.18. The summed E-state index contributed by atoms with van der Waals surface area (Å²) in [5, 5.41) is 11.2. The van der Waals surface area contributed by atoms with E-state index in [0.717, 1.165) is 22.3 Å². The Kier molecular flexibility index (Phi) is 11.6. The summed E-state index contributed by atoms with van der Waals surface area (Å²) in [7, 11) is 1.56. The van der Waals surface area contributed by atoms with Crippen LogP contribution in [0.15, 0.2) is 152 Å². The Bertz CT molecular complexity index is 2050. The van der Waals surface area contributed by atoms with Gasteiger partial charge in [-0.05, 0) is 46.0 Å². The Hall–Kier alpha value is -6.47. The van der Waals surface area contributed by atoms with Gasteiger partial charge in [-0.2, -0.15) is 0 Å². The van der Waals surface area contributed by atoms with Crippen LogP contribution >= 0.6 is 0 Å². The number of benzene rings is 6. The Labute approximate surface area is 297 Å². The second-order valence-electron chi connectivity index (χ2n) is 11.7. The maximum Gasteiger partial charge on any atom is 0.203 e. The summed E-state index contributed by atoms with van der Waals surface area (Å²) in [6.07, 6.45) is 3.02. The normalized spacial score (nSPS) is 10.8. The van der Waals surface area contributed by atoms with Crippen molar-refractivity contribution >= 4 is 11.9 Å². The number of hydrogen-bond donors (Lipinski definition) is 1. The van der Waals surface area contributed by atoms with Gasteiger partial charge in [-0.15, -0.1) is 0 Å². The molecule has 6 aromatic rings. The molecule has 7 heteroatoms. The highest BCUT2D eigenvalue weighted by molar-refractivity contribution is 6.10. The smallest absolute Gasteiger partial charge is 0.203 e. The number of ketones is 1. The van der Waals surface area contributed by atoms with Gasteiger partial charge < -0.3 is 28.8 Å². The highest BCUT2D eigenvalue weighted by atomic mass is 16.5. The largest absolute Gasteiger partial charge is 0.507 e. The summed E-state index contributed by atoms with van der Waals surface area (Å²) in [6, 6.07) is 45.5. The van der Waals surface area contributed by atoms with Crippen LogP contribution in [0, 0.1) is 0 Å². The highest BCUT2D eigenvalue weighted by Gasteiger charge is 2.20. The first-order valence-corrected chi connectivity index (χ1v) is 16.5. The lowest BCUT2D eigenvalue weighted by molar-refractivity contribution is 0.104. The lowest BCUT2D eigenvalue weighted by Crippen LogP contribution is -2.05. The molecule has 0 aliphatic rings. The fraction of sp³-hybridized carbons (Fsp3) is 0.114. The van der Waals surface area contributed by atoms with Crippen LogP contribution in [0.1, 0.15) is 38.2 Å². The van der Waals surface area contributed by atoms with Crippen molar-refractivity contribution in [1.82, 2.24) is 0 Å². The Balaban J connectivity index is 1.28. The average molecular weight is 679 g/mol. The van der Waals surface area contributed by atoms with E-state index >= 15 is 0 Å². The van der Waals surface area contributed by atoms with Gasteiger partial charge in [-0.25, -0.2) is 0 Å². The zero-order valence-corrected chi connectivity index (χ0v) is 28.2. The predicted molar refractivity (Wildman–Crippen MR) is 198 cm³/mol. The molecule has 0 spiro atoms. The Morgan fingerprint density at radius 1 is 0.549 bits per heavy atom. The van der Waals surface area contributed by atoms with E-state index in [9.17, 15) is 9.90 Å². The number of allylic oxidation sites excluding steroid dienone is 1. The summed E-state index contributed by atoms with van der Waals surface area (Å²) < 4.78 is 30.3. The molecule has 0 aromatic heterocycles. The maximum atomic E-state index is 13.8. The molecule has 0 aliphatic heterocycles. The van der Waals surface area contributed by atoms with Gasteiger partial charge in [0.2, 0.25) is 5.75 Å². The summed E-state index contributed by atoms with van der Waals surface area (Å²) in [6.45, 7) is 1.08. The van der Waals surface area contributed by atoms with E-state index in [2.05, 4.69) is 0 Å². The van der Waals surface area contributed by atoms with E-state index in [4.69, 9.17) is 23.7 Å². The third-order valence-corrected chi connectivity index (χ3v) is 7.94. The zero-order chi connectivity index (χ0) is 35.3. The van der Waals surface area contributed by atoms with Crippen molar-refractivity contribution in [2.24, 2.45) is 0 Å². The number of phenolic OH excluding ortho intramolecular Hbond substituents is 1. The lowest BCUT2D eigenvalue weighted by Gasteiger charge is -2.17. The van der Waals surface area contributed by atoms with Gasteiger partial charge in [0.15, 0.2) is 17.3 Å². The molecule has 0 atom stereocenters. The van der Waals surface area contributed by atoms with Gasteiger partial charge in [0.1, 0.15) is 49.2 Å². The van der Waals surface area contributed by atoms with Crippen LogP contribution in [0.2, 0.25) is 0 Å². The fourth-order valence-corrected chi connectivity index (χ4v) is 5.31. The van der Waals surface area contributed by atoms with E-state index in [-0.39, 0.29) is 30.3 Å². The van der Waals surface area contributed by atoms with Crippen LogP contribution in [0.5, 0.6) is 34.5 Å². The zero-order valence-electron chi connectivity index (χ0n) is 28.2. The lowest BCUT2D eigenvalue weighted by atomic mass is 10.1. The van der Waals surface area contributed by atoms with Crippen LogP contribution < -0.4 is 23.7 Å². The Morgan fingerprint density at radius 2 is 1.00 bits per heavy atom. The summed E-state index contributed by atoms with van der Waals surface area (Å²) in [5.74, 6) is 1.20. The molecule has 1 N–H and O–H groups in total. The summed E-state index contributed by atoms with van der Waals surface area (Å²) in [4.78, 5) is 13.8. The van der Waals surface area contributed by atoms with Gasteiger partial charge in [0.05, 0.1) is 7.11 Å². The van der Waals surface area contributed by atoms with E-state index < -0.39 is 5.78 Å². The third kappa shape index (κ3) is 9.58. The van der Waals surface area contributed by atoms with E-state index in [1.165, 1.54) is 12.1 Å². The van der Waals surface area contributed by atoms with Gasteiger partial charge >= 0.3 is 0 Å². The molecular weight excluding hydrogens is 640 g/mol. The van der Waals surface area contributed by atoms with Gasteiger partial charge in [0, 0.05) is 12.1 Å². The van der Waals surface area contributed by atoms with Crippen LogP contribution in [0.25, 0.3) is 6.08 Å². The third-order valence-electron chi connectivity index (χ3n) is 7.94. The minimum atomic E-state index is -0.458. The molecule has 6 rings (SSSR count). The SMILES string of the molecule is COc1cc(/C=C/C(=O)c2c(O)cc(OCc3ccccc3)cc2OCc2ccccc2)cc(OCc2ccccc2)c1OCc1ccccc1. The molecule has 0 radical (unpaired) electrons. The van der Waals surface area contributed by atoms with Crippen molar-refractivity contribution in [3.05, 3.63) is 185 Å². The molecular formula is C44H38O7. The van der Waals surface area contributed by atoms with Gasteiger partial charge in [-0.1, -0.05) is 127 Å². The first kappa shape index (κ1) is 34.4. The number of ether oxygens (including phenoxy) is 5. The van der Waals surface area contributed by atoms with Crippen LogP contribution in [0.3, 0.4) is 0 Å². The molecule has 6 aromatic carbocycles. The van der Waals surface area contributed by atoms with Crippen molar-refractivity contribution < 1.29 is 33.6 Å². The number of rotatable bonds is 16. The van der Waals surface area contributed by atoms with Crippen molar-refractivity contribution in [1.29, 1.82) is 0 Å². The van der Waals surface area contributed by atoms with Crippen molar-refractivity contribution in [2.45, 2.75) is 26.4 Å². The quantitative estimate of drug-likeness (QED) is 0.0806. The van der Waals surface area contributed by atoms with Crippen LogP contribution in [-0.4, -0.2) is 18.0 Å². The number of hydrogen-bond acceptors (Lipinski definition) is 7. The Morgan fingerprint density at radius 3 is 1.51 bits per heavy atom. The first-order chi connectivity index (χ1) is 25.1. The molecule has 0 amide bonds. The predicted octanol–water partition coefficient (Wildman–Crippen LogP) is 9.61. The van der Waals surface area contributed by atoms with E-state index in [0.29, 0.717) is 41.8 Å². The molecule has 256 valence electrons. The number of aromatic hydroxyl groups is 1. The van der Waals surface area contributed by atoms with Gasteiger partial charge in [0.25, 0.3) is 0 Å². The topological polar surface area (TPSA) is 83.5 Å². The molecule has 0 aliphatic carbocycles. The second kappa shape index (κ2) is 17.3. The molecule has 0 saturated carbocycles. The number of methoxy groups -OCH3 is 1. The van der Waals surface area contributed by atoms with Crippen LogP contribution in [0.4, 0.5) is 0 Å². The summed E-state index contributed by atoms with van der Waals surface area (Å²) in [5.41, 5.74) is 4.49. The van der Waals surface area contributed by atoms with Crippen molar-refractivity contribution in [2.75, 3.05) is 7.11 Å². The molecule has 0 saturated heterocycles. The molecule has 0 unspecified atom stereocenters. The highest BCUT2D eigenvalue weighted by Crippen LogP contribution is 2.41. The number of phenols is 1. The van der Waals surface area contributed by atoms with Crippen molar-refractivity contribution in [3.63, 3.8) is 0 Å². The minimum Gasteiger partial charge on any atom is -0.507 e. The standard InChI is InChI=1S/C44H38O7/c1-47-41-24-36(25-42(50-30-34-18-10-4-11-19-34)44(41)51-31-35-20-12-5-13-21-35)22-23-38(45)43-39(46)26-37(48-28-32-14-6-2-7-15-32)27-40(43)49-29-33-16-8-3-9-17-33/h2-27,46H,28-31H2,1H3/b23-22+. The number of carbonyl (C=O) groups is 1. The maximum absolute atomic E-state index is 13.8. The molecule has 0 heterocycles. The summed E-state index contributed by atoms with van der Waals surface area (Å²) >= 11 is 0.